The zero-order valence-electron chi connectivity index (χ0n) is 13.9. The van der Waals surface area contributed by atoms with E-state index in [1.807, 2.05) is 0 Å². The molecular weight excluding hydrogens is 435 g/mol. The van der Waals surface area contributed by atoms with Crippen molar-refractivity contribution in [3.63, 3.8) is 0 Å². The maximum atomic E-state index is 13.5. The second-order valence-electron chi connectivity index (χ2n) is 6.00. The van der Waals surface area contributed by atoms with E-state index in [1.165, 1.54) is 0 Å². The van der Waals surface area contributed by atoms with Gasteiger partial charge in [0.2, 0.25) is 0 Å². The van der Waals surface area contributed by atoms with Gasteiger partial charge in [0.1, 0.15) is 0 Å². The molecule has 0 spiro atoms. The third kappa shape index (κ3) is 2.84. The van der Waals surface area contributed by atoms with Crippen molar-refractivity contribution < 1.29 is 61.7 Å². The van der Waals surface area contributed by atoms with E-state index in [0.29, 0.717) is 0 Å². The van der Waals surface area contributed by atoms with Crippen LogP contribution in [0.4, 0.5) is 52.7 Å². The number of alkyl halides is 12. The molecule has 27 heavy (non-hydrogen) atoms. The molecule has 1 fully saturated rings. The SMILES string of the molecule is CCP1(CC)(CC)OC(C(F)(F)F)(C(F)(F)F)C(C(F)(F)F)(C(F)(F)F)O1. The van der Waals surface area contributed by atoms with Crippen LogP contribution in [0.15, 0.2) is 0 Å². The average molecular weight is 450 g/mol. The summed E-state index contributed by atoms with van der Waals surface area (Å²) in [4.78, 5) is 0. The molecule has 0 unspecified atom stereocenters. The van der Waals surface area contributed by atoms with Crippen LogP contribution in [-0.2, 0) is 9.05 Å². The summed E-state index contributed by atoms with van der Waals surface area (Å²) in [7, 11) is -5.69. The summed E-state index contributed by atoms with van der Waals surface area (Å²) in [6, 6.07) is 0. The van der Waals surface area contributed by atoms with Gasteiger partial charge >= 0.3 is 144 Å². The van der Waals surface area contributed by atoms with Gasteiger partial charge in [-0.3, -0.25) is 0 Å². The number of halogens is 12. The van der Waals surface area contributed by atoms with E-state index in [-0.39, 0.29) is 0 Å². The maximum absolute atomic E-state index is 13.5. The summed E-state index contributed by atoms with van der Waals surface area (Å²) in [6.45, 7) is 2.47. The van der Waals surface area contributed by atoms with Crippen molar-refractivity contribution in [2.75, 3.05) is 18.5 Å². The summed E-state index contributed by atoms with van der Waals surface area (Å²) < 4.78 is 170. The van der Waals surface area contributed by atoms with E-state index < -0.39 is 61.5 Å². The topological polar surface area (TPSA) is 18.5 Å². The zero-order chi connectivity index (χ0) is 22.0. The van der Waals surface area contributed by atoms with Crippen LogP contribution in [-0.4, -0.2) is 54.4 Å². The fourth-order valence-corrected chi connectivity index (χ4v) is 7.44. The molecule has 0 atom stereocenters. The normalized spacial score (nSPS) is 26.4. The van der Waals surface area contributed by atoms with Crippen LogP contribution in [0, 0.1) is 0 Å². The minimum absolute atomic E-state index is 0.825. The van der Waals surface area contributed by atoms with Crippen LogP contribution in [0.25, 0.3) is 0 Å². The molecule has 0 aromatic heterocycles. The summed E-state index contributed by atoms with van der Waals surface area (Å²) in [6.07, 6.45) is -31.6. The average Bonchev–Trinajstić information content (AvgIpc) is 2.78. The molecule has 0 bridgehead atoms. The van der Waals surface area contributed by atoms with Crippen LogP contribution in [0.3, 0.4) is 0 Å². The van der Waals surface area contributed by atoms with Gasteiger partial charge in [-0.2, -0.15) is 0 Å². The van der Waals surface area contributed by atoms with Gasteiger partial charge in [0.25, 0.3) is 0 Å². The molecule has 0 N–H and O–H groups in total. The van der Waals surface area contributed by atoms with E-state index in [1.54, 1.807) is 0 Å². The van der Waals surface area contributed by atoms with Gasteiger partial charge in [0, 0.05) is 0 Å². The van der Waals surface area contributed by atoms with E-state index in [4.69, 9.17) is 0 Å². The summed E-state index contributed by atoms with van der Waals surface area (Å²) in [5.41, 5.74) is -13.3. The first-order chi connectivity index (χ1) is 11.7. The molecule has 2 nitrogen and oxygen atoms in total. The molecule has 0 aliphatic carbocycles. The van der Waals surface area contributed by atoms with Crippen molar-refractivity contribution in [2.24, 2.45) is 0 Å². The van der Waals surface area contributed by atoms with E-state index >= 15 is 0 Å². The number of hydrogen-bond donors (Lipinski definition) is 0. The Bertz CT molecular complexity index is 486. The molecule has 1 aliphatic heterocycles. The molecule has 0 radical (unpaired) electrons. The van der Waals surface area contributed by atoms with Gasteiger partial charge in [-0.15, -0.1) is 0 Å². The monoisotopic (exact) mass is 450 g/mol. The molecular formula is C12H15F12O2P. The van der Waals surface area contributed by atoms with Crippen molar-refractivity contribution in [2.45, 2.75) is 56.7 Å². The standard InChI is InChI=1S/C12H15F12O2P/c1-4-27(5-2,6-3)25-7(9(13,14)15,10(16,17)18)8(26-27,11(19,20)21)12(22,23)24/h4-6H2,1-3H3. The van der Waals surface area contributed by atoms with Crippen LogP contribution in [0.5, 0.6) is 0 Å². The Hall–Kier alpha value is -0.490. The van der Waals surface area contributed by atoms with E-state index in [9.17, 15) is 52.7 Å². The molecule has 1 aliphatic rings. The van der Waals surface area contributed by atoms with Gasteiger partial charge in [-0.05, 0) is 0 Å². The summed E-state index contributed by atoms with van der Waals surface area (Å²) in [5.74, 6) is 0. The third-order valence-corrected chi connectivity index (χ3v) is 10.6. The van der Waals surface area contributed by atoms with E-state index in [0.717, 1.165) is 20.8 Å². The van der Waals surface area contributed by atoms with Gasteiger partial charge in [-0.1, -0.05) is 0 Å². The van der Waals surface area contributed by atoms with Gasteiger partial charge in [-0.25, -0.2) is 0 Å². The molecule has 164 valence electrons. The Labute approximate surface area is 145 Å². The zero-order valence-corrected chi connectivity index (χ0v) is 14.8. The van der Waals surface area contributed by atoms with Crippen LogP contribution in [0.2, 0.25) is 0 Å². The van der Waals surface area contributed by atoms with Gasteiger partial charge < -0.3 is 0 Å². The molecule has 1 rings (SSSR count). The van der Waals surface area contributed by atoms with E-state index in [2.05, 4.69) is 9.05 Å². The third-order valence-electron chi connectivity index (χ3n) is 4.94. The predicted molar refractivity (Wildman–Crippen MR) is 70.4 cm³/mol. The van der Waals surface area contributed by atoms with Crippen LogP contribution in [0.1, 0.15) is 20.8 Å². The molecule has 0 amide bonds. The first kappa shape index (κ1) is 24.5. The Kier molecular flexibility index (Phi) is 5.46. The fraction of sp³-hybridized carbons (Fsp3) is 1.00. The van der Waals surface area contributed by atoms with Crippen molar-refractivity contribution >= 4 is 7.06 Å². The molecule has 0 aromatic carbocycles. The number of hydrogen-bond acceptors (Lipinski definition) is 2. The second kappa shape index (κ2) is 6.01. The first-order valence-corrected chi connectivity index (χ1v) is 9.99. The quantitative estimate of drug-likeness (QED) is 0.377. The van der Waals surface area contributed by atoms with Crippen LogP contribution < -0.4 is 0 Å². The van der Waals surface area contributed by atoms with Gasteiger partial charge in [0.15, 0.2) is 0 Å². The van der Waals surface area contributed by atoms with Crippen molar-refractivity contribution in [1.29, 1.82) is 0 Å². The molecule has 1 saturated heterocycles. The first-order valence-electron chi connectivity index (χ1n) is 7.36. The van der Waals surface area contributed by atoms with Crippen molar-refractivity contribution in [1.82, 2.24) is 0 Å². The predicted octanol–water partition coefficient (Wildman–Crippen LogP) is 6.20. The van der Waals surface area contributed by atoms with Crippen molar-refractivity contribution in [3.05, 3.63) is 0 Å². The molecule has 1 heterocycles. The summed E-state index contributed by atoms with van der Waals surface area (Å²) >= 11 is 0. The van der Waals surface area contributed by atoms with Crippen LogP contribution >= 0.6 is 7.06 Å². The molecule has 0 aromatic rings. The fourth-order valence-electron chi connectivity index (χ4n) is 3.22. The Balaban J connectivity index is 4.30. The van der Waals surface area contributed by atoms with Crippen molar-refractivity contribution in [3.8, 4) is 0 Å². The summed E-state index contributed by atoms with van der Waals surface area (Å²) in [5, 5.41) is 0. The Morgan fingerprint density at radius 2 is 0.704 bits per heavy atom. The molecule has 0 saturated carbocycles. The van der Waals surface area contributed by atoms with Gasteiger partial charge in [0.05, 0.1) is 0 Å². The second-order valence-corrected chi connectivity index (χ2v) is 11.3. The Morgan fingerprint density at radius 1 is 0.519 bits per heavy atom. The number of rotatable bonds is 3. The Morgan fingerprint density at radius 3 is 0.815 bits per heavy atom. The molecule has 15 heteroatoms. The minimum atomic E-state index is -7.14.